The van der Waals surface area contributed by atoms with Crippen LogP contribution in [0.2, 0.25) is 0 Å². The maximum Gasteiger partial charge on any atom is 0.0242 e. The zero-order valence-corrected chi connectivity index (χ0v) is 14.7. The number of piperazine rings is 1. The Kier molecular flexibility index (Phi) is 5.03. The molecule has 2 saturated heterocycles. The predicted molar refractivity (Wildman–Crippen MR) is 99.6 cm³/mol. The molecule has 2 bridgehead atoms. The van der Waals surface area contributed by atoms with Gasteiger partial charge in [-0.2, -0.15) is 0 Å². The number of rotatable bonds is 7. The zero-order valence-electron chi connectivity index (χ0n) is 14.7. The van der Waals surface area contributed by atoms with Crippen molar-refractivity contribution in [3.05, 3.63) is 54.1 Å². The maximum atomic E-state index is 4.06. The molecule has 2 nitrogen and oxygen atoms in total. The monoisotopic (exact) mass is 310 g/mol. The smallest absolute Gasteiger partial charge is 0.0242 e. The molecule has 2 heteroatoms. The molecule has 0 amide bonds. The van der Waals surface area contributed by atoms with Gasteiger partial charge < -0.3 is 0 Å². The van der Waals surface area contributed by atoms with Crippen LogP contribution in [0.4, 0.5) is 0 Å². The summed E-state index contributed by atoms with van der Waals surface area (Å²) < 4.78 is 0. The molecule has 0 N–H and O–H groups in total. The Morgan fingerprint density at radius 3 is 2.52 bits per heavy atom. The van der Waals surface area contributed by atoms with Crippen LogP contribution >= 0.6 is 0 Å². The second-order valence-electron chi connectivity index (χ2n) is 7.51. The molecule has 2 heterocycles. The molecular weight excluding hydrogens is 280 g/mol. The molecule has 2 unspecified atom stereocenters. The first-order valence-corrected chi connectivity index (χ1v) is 8.90. The summed E-state index contributed by atoms with van der Waals surface area (Å²) >= 11 is 0. The molecule has 23 heavy (non-hydrogen) atoms. The molecule has 2 atom stereocenters. The maximum absolute atomic E-state index is 4.06. The first kappa shape index (κ1) is 16.5. The van der Waals surface area contributed by atoms with Crippen LogP contribution in [-0.2, 0) is 6.42 Å². The lowest BCUT2D eigenvalue weighted by Crippen LogP contribution is -2.46. The summed E-state index contributed by atoms with van der Waals surface area (Å²) in [5.41, 5.74) is 5.17. The summed E-state index contributed by atoms with van der Waals surface area (Å²) in [6.07, 6.45) is 3.78. The zero-order chi connectivity index (χ0) is 16.4. The number of allylic oxidation sites excluding steroid dienone is 1. The summed E-state index contributed by atoms with van der Waals surface area (Å²) in [5, 5.41) is 0. The third kappa shape index (κ3) is 3.94. The Bertz CT molecular complexity index is 589. The highest BCUT2D eigenvalue weighted by Crippen LogP contribution is 2.31. The molecule has 2 aliphatic rings. The van der Waals surface area contributed by atoms with Gasteiger partial charge in [-0.05, 0) is 50.8 Å². The third-order valence-electron chi connectivity index (χ3n) is 5.27. The van der Waals surface area contributed by atoms with E-state index in [9.17, 15) is 0 Å². The van der Waals surface area contributed by atoms with Gasteiger partial charge in [-0.25, -0.2) is 0 Å². The second-order valence-corrected chi connectivity index (χ2v) is 7.51. The number of nitrogens with zero attached hydrogens (tertiary/aromatic N) is 2. The minimum Gasteiger partial charge on any atom is -0.297 e. The van der Waals surface area contributed by atoms with Gasteiger partial charge in [0.2, 0.25) is 0 Å². The van der Waals surface area contributed by atoms with Gasteiger partial charge in [-0.3, -0.25) is 9.80 Å². The van der Waals surface area contributed by atoms with Gasteiger partial charge in [-0.15, -0.1) is 0 Å². The van der Waals surface area contributed by atoms with Gasteiger partial charge in [-0.1, -0.05) is 48.6 Å². The fraction of sp³-hybridized carbons (Fsp3) is 0.524. The minimum atomic E-state index is 0.767. The number of hydrogen-bond donors (Lipinski definition) is 0. The van der Waals surface area contributed by atoms with Crippen molar-refractivity contribution in [2.24, 2.45) is 0 Å². The van der Waals surface area contributed by atoms with Crippen LogP contribution in [0.1, 0.15) is 37.8 Å². The Hall–Kier alpha value is -1.38. The van der Waals surface area contributed by atoms with E-state index in [2.05, 4.69) is 61.1 Å². The lowest BCUT2D eigenvalue weighted by Gasteiger charge is -2.34. The van der Waals surface area contributed by atoms with Crippen molar-refractivity contribution in [3.8, 4) is 0 Å². The Morgan fingerprint density at radius 1 is 1.13 bits per heavy atom. The van der Waals surface area contributed by atoms with E-state index in [1.807, 2.05) is 0 Å². The second kappa shape index (κ2) is 7.02. The number of benzene rings is 1. The van der Waals surface area contributed by atoms with Crippen LogP contribution < -0.4 is 0 Å². The van der Waals surface area contributed by atoms with E-state index in [1.54, 1.807) is 0 Å². The van der Waals surface area contributed by atoms with Gasteiger partial charge in [0.25, 0.3) is 0 Å². The molecule has 0 spiro atoms. The van der Waals surface area contributed by atoms with Crippen molar-refractivity contribution >= 4 is 5.57 Å². The highest BCUT2D eigenvalue weighted by molar-refractivity contribution is 5.61. The fourth-order valence-electron chi connectivity index (χ4n) is 4.12. The molecular formula is C21H30N2. The standard InChI is InChI=1S/C21H30N2/c1-16(2)13-23-15-20-12-21(23)14-22(20)10-6-8-18-7-5-9-19(11-18)17(3)4/h5,7,9,11,20-21H,1,3,6,8,10,12-15H2,2,4H3. The number of likely N-dealkylation sites (tertiary alicyclic amines) is 2. The molecule has 0 aromatic heterocycles. The van der Waals surface area contributed by atoms with Crippen molar-refractivity contribution in [2.75, 3.05) is 26.2 Å². The fourth-order valence-corrected chi connectivity index (χ4v) is 4.12. The van der Waals surface area contributed by atoms with Crippen molar-refractivity contribution in [1.29, 1.82) is 0 Å². The van der Waals surface area contributed by atoms with Gasteiger partial charge in [0.05, 0.1) is 0 Å². The molecule has 0 radical (unpaired) electrons. The topological polar surface area (TPSA) is 6.48 Å². The van der Waals surface area contributed by atoms with E-state index in [0.29, 0.717) is 0 Å². The first-order chi connectivity index (χ1) is 11.0. The van der Waals surface area contributed by atoms with Crippen molar-refractivity contribution < 1.29 is 0 Å². The summed E-state index contributed by atoms with van der Waals surface area (Å²) in [4.78, 5) is 5.34. The highest BCUT2D eigenvalue weighted by atomic mass is 15.3. The third-order valence-corrected chi connectivity index (χ3v) is 5.27. The molecule has 0 aliphatic carbocycles. The minimum absolute atomic E-state index is 0.767. The van der Waals surface area contributed by atoms with Gasteiger partial charge >= 0.3 is 0 Å². The van der Waals surface area contributed by atoms with Crippen LogP contribution in [0, 0.1) is 0 Å². The molecule has 3 rings (SSSR count). The van der Waals surface area contributed by atoms with Crippen LogP contribution in [-0.4, -0.2) is 48.1 Å². The van der Waals surface area contributed by atoms with Crippen LogP contribution in [0.25, 0.3) is 5.57 Å². The predicted octanol–water partition coefficient (Wildman–Crippen LogP) is 3.99. The normalized spacial score (nSPS) is 24.3. The van der Waals surface area contributed by atoms with E-state index in [0.717, 1.165) is 24.2 Å². The molecule has 1 aromatic carbocycles. The number of hydrogen-bond acceptors (Lipinski definition) is 2. The lowest BCUT2D eigenvalue weighted by molar-refractivity contribution is 0.135. The van der Waals surface area contributed by atoms with E-state index in [4.69, 9.17) is 0 Å². The highest BCUT2D eigenvalue weighted by Gasteiger charge is 2.42. The Labute approximate surface area is 141 Å². The Morgan fingerprint density at radius 2 is 1.87 bits per heavy atom. The van der Waals surface area contributed by atoms with E-state index < -0.39 is 0 Å². The largest absolute Gasteiger partial charge is 0.297 e. The van der Waals surface area contributed by atoms with Gasteiger partial charge in [0, 0.05) is 31.7 Å². The van der Waals surface area contributed by atoms with E-state index in [-0.39, 0.29) is 0 Å². The number of aryl methyl sites for hydroxylation is 1. The lowest BCUT2D eigenvalue weighted by atomic mass is 10.0. The van der Waals surface area contributed by atoms with Crippen molar-refractivity contribution in [1.82, 2.24) is 9.80 Å². The Balaban J connectivity index is 1.45. The quantitative estimate of drug-likeness (QED) is 0.703. The average molecular weight is 310 g/mol. The average Bonchev–Trinajstić information content (AvgIpc) is 3.06. The molecule has 0 saturated carbocycles. The summed E-state index contributed by atoms with van der Waals surface area (Å²) in [7, 11) is 0. The van der Waals surface area contributed by atoms with Crippen LogP contribution in [0.15, 0.2) is 43.0 Å². The summed E-state index contributed by atoms with van der Waals surface area (Å²) in [6, 6.07) is 10.4. The molecule has 1 aromatic rings. The summed E-state index contributed by atoms with van der Waals surface area (Å²) in [6.45, 7) is 17.1. The van der Waals surface area contributed by atoms with Crippen molar-refractivity contribution in [2.45, 2.75) is 45.2 Å². The van der Waals surface area contributed by atoms with Gasteiger partial charge in [0.15, 0.2) is 0 Å². The van der Waals surface area contributed by atoms with E-state index in [1.165, 1.54) is 55.6 Å². The number of fused-ring (bicyclic) bond motifs is 2. The van der Waals surface area contributed by atoms with Crippen LogP contribution in [0.3, 0.4) is 0 Å². The van der Waals surface area contributed by atoms with Crippen molar-refractivity contribution in [3.63, 3.8) is 0 Å². The molecule has 2 fully saturated rings. The molecule has 124 valence electrons. The van der Waals surface area contributed by atoms with Gasteiger partial charge in [0.1, 0.15) is 0 Å². The summed E-state index contributed by atoms with van der Waals surface area (Å²) in [5.74, 6) is 0. The molecule has 2 aliphatic heterocycles. The van der Waals surface area contributed by atoms with Crippen LogP contribution in [0.5, 0.6) is 0 Å². The van der Waals surface area contributed by atoms with E-state index >= 15 is 0 Å². The first-order valence-electron chi connectivity index (χ1n) is 8.90. The SMILES string of the molecule is C=C(C)CN1CC2CC1CN2CCCc1cccc(C(=C)C)c1.